The van der Waals surface area contributed by atoms with E-state index in [2.05, 4.69) is 22.6 Å². The summed E-state index contributed by atoms with van der Waals surface area (Å²) < 4.78 is 12.0. The van der Waals surface area contributed by atoms with Gasteiger partial charge in [0.1, 0.15) is 16.9 Å². The summed E-state index contributed by atoms with van der Waals surface area (Å²) in [6.45, 7) is 2.03. The molecule has 0 fully saturated rings. The number of carbonyl (C=O) groups is 1. The fourth-order valence-electron chi connectivity index (χ4n) is 2.33. The highest BCUT2D eigenvalue weighted by atomic mass is 127. The fourth-order valence-corrected chi connectivity index (χ4v) is 2.96. The predicted molar refractivity (Wildman–Crippen MR) is 92.0 cm³/mol. The van der Waals surface area contributed by atoms with Crippen molar-refractivity contribution >= 4 is 39.5 Å². The van der Waals surface area contributed by atoms with E-state index in [1.54, 1.807) is 13.0 Å². The Hall–Kier alpha value is -2.02. The average Bonchev–Trinajstić information content (AvgIpc) is 2.86. The molecule has 0 atom stereocenters. The second kappa shape index (κ2) is 6.00. The molecular formula is C17H13IO4. The van der Waals surface area contributed by atoms with E-state index in [0.717, 1.165) is 9.13 Å². The van der Waals surface area contributed by atoms with Gasteiger partial charge in [0.25, 0.3) is 0 Å². The third kappa shape index (κ3) is 2.56. The molecule has 0 unspecified atom stereocenters. The van der Waals surface area contributed by atoms with Gasteiger partial charge in [0.15, 0.2) is 5.76 Å². The molecule has 3 rings (SSSR count). The van der Waals surface area contributed by atoms with Crippen molar-refractivity contribution in [3.05, 3.63) is 51.6 Å². The minimum Gasteiger partial charge on any atom is -0.508 e. The van der Waals surface area contributed by atoms with Crippen molar-refractivity contribution in [2.24, 2.45) is 0 Å². The van der Waals surface area contributed by atoms with Gasteiger partial charge in [0.2, 0.25) is 0 Å². The van der Waals surface area contributed by atoms with Crippen LogP contribution in [0.1, 0.15) is 17.3 Å². The highest BCUT2D eigenvalue weighted by Crippen LogP contribution is 2.37. The van der Waals surface area contributed by atoms with Crippen LogP contribution in [0.4, 0.5) is 0 Å². The number of halogens is 1. The lowest BCUT2D eigenvalue weighted by Crippen LogP contribution is -2.05. The molecule has 0 saturated carbocycles. The summed E-state index contributed by atoms with van der Waals surface area (Å²) in [5.41, 5.74) is 1.70. The zero-order chi connectivity index (χ0) is 15.7. The molecule has 1 aromatic heterocycles. The number of benzene rings is 2. The Balaban J connectivity index is 2.32. The predicted octanol–water partition coefficient (Wildman–Crippen LogP) is 4.59. The first kappa shape index (κ1) is 14.9. The van der Waals surface area contributed by atoms with Crippen LogP contribution in [-0.2, 0) is 4.74 Å². The number of hydrogen-bond acceptors (Lipinski definition) is 4. The second-order valence-electron chi connectivity index (χ2n) is 4.69. The largest absolute Gasteiger partial charge is 0.508 e. The quantitative estimate of drug-likeness (QED) is 0.509. The highest BCUT2D eigenvalue weighted by molar-refractivity contribution is 14.1. The standard InChI is InChI=1S/C17H13IO4/c1-2-21-17(20)15-12-9-10(19)7-8-14(12)22-16(15)11-5-3-4-6-13(11)18/h3-9,19H,2H2,1H3. The van der Waals surface area contributed by atoms with E-state index in [4.69, 9.17) is 9.15 Å². The third-order valence-electron chi connectivity index (χ3n) is 3.27. The number of ether oxygens (including phenoxy) is 1. The summed E-state index contributed by atoms with van der Waals surface area (Å²) in [7, 11) is 0. The highest BCUT2D eigenvalue weighted by Gasteiger charge is 2.24. The van der Waals surface area contributed by atoms with Gasteiger partial charge in [-0.15, -0.1) is 0 Å². The Morgan fingerprint density at radius 1 is 1.27 bits per heavy atom. The van der Waals surface area contributed by atoms with Crippen molar-refractivity contribution in [1.82, 2.24) is 0 Å². The van der Waals surface area contributed by atoms with E-state index in [1.807, 2.05) is 24.3 Å². The lowest BCUT2D eigenvalue weighted by molar-refractivity contribution is 0.0529. The summed E-state index contributed by atoms with van der Waals surface area (Å²) in [5.74, 6) is 0.0821. The maximum absolute atomic E-state index is 12.4. The molecular weight excluding hydrogens is 395 g/mol. The van der Waals surface area contributed by atoms with Crippen molar-refractivity contribution < 1.29 is 19.1 Å². The smallest absolute Gasteiger partial charge is 0.342 e. The van der Waals surface area contributed by atoms with Crippen molar-refractivity contribution in [2.75, 3.05) is 6.61 Å². The molecule has 112 valence electrons. The van der Waals surface area contributed by atoms with Crippen molar-refractivity contribution in [3.8, 4) is 17.1 Å². The molecule has 2 aromatic carbocycles. The molecule has 0 radical (unpaired) electrons. The van der Waals surface area contributed by atoms with Gasteiger partial charge < -0.3 is 14.3 Å². The lowest BCUT2D eigenvalue weighted by atomic mass is 10.1. The number of carbonyl (C=O) groups excluding carboxylic acids is 1. The summed E-state index contributed by atoms with van der Waals surface area (Å²) in [6.07, 6.45) is 0. The van der Waals surface area contributed by atoms with Crippen LogP contribution in [0.5, 0.6) is 5.75 Å². The molecule has 0 bridgehead atoms. The Labute approximate surface area is 140 Å². The topological polar surface area (TPSA) is 59.7 Å². The summed E-state index contributed by atoms with van der Waals surface area (Å²) >= 11 is 2.20. The molecule has 0 amide bonds. The zero-order valence-electron chi connectivity index (χ0n) is 11.8. The first-order chi connectivity index (χ1) is 10.6. The minimum atomic E-state index is -0.457. The van der Waals surface area contributed by atoms with E-state index >= 15 is 0 Å². The summed E-state index contributed by atoms with van der Waals surface area (Å²) in [4.78, 5) is 12.4. The second-order valence-corrected chi connectivity index (χ2v) is 5.85. The van der Waals surface area contributed by atoms with Crippen LogP contribution < -0.4 is 0 Å². The van der Waals surface area contributed by atoms with Gasteiger partial charge in [-0.3, -0.25) is 0 Å². The number of phenols is 1. The fraction of sp³-hybridized carbons (Fsp3) is 0.118. The maximum atomic E-state index is 12.4. The van der Waals surface area contributed by atoms with Gasteiger partial charge in [-0.1, -0.05) is 18.2 Å². The van der Waals surface area contributed by atoms with E-state index in [-0.39, 0.29) is 12.4 Å². The molecule has 0 saturated heterocycles. The first-order valence-electron chi connectivity index (χ1n) is 6.79. The monoisotopic (exact) mass is 408 g/mol. The van der Waals surface area contributed by atoms with Crippen LogP contribution in [0, 0.1) is 3.57 Å². The van der Waals surface area contributed by atoms with Crippen molar-refractivity contribution in [1.29, 1.82) is 0 Å². The van der Waals surface area contributed by atoms with Crippen LogP contribution in [-0.4, -0.2) is 17.7 Å². The number of furan rings is 1. The molecule has 5 heteroatoms. The maximum Gasteiger partial charge on any atom is 0.342 e. The summed E-state index contributed by atoms with van der Waals surface area (Å²) in [6, 6.07) is 12.3. The molecule has 3 aromatic rings. The Morgan fingerprint density at radius 3 is 2.77 bits per heavy atom. The van der Waals surface area contributed by atoms with Crippen LogP contribution in [0.25, 0.3) is 22.3 Å². The van der Waals surface area contributed by atoms with Gasteiger partial charge in [0.05, 0.1) is 6.61 Å². The Morgan fingerprint density at radius 2 is 2.05 bits per heavy atom. The molecule has 1 N–H and O–H groups in total. The minimum absolute atomic E-state index is 0.0770. The van der Waals surface area contributed by atoms with Gasteiger partial charge in [-0.2, -0.15) is 0 Å². The lowest BCUT2D eigenvalue weighted by Gasteiger charge is -2.05. The van der Waals surface area contributed by atoms with Gasteiger partial charge in [0, 0.05) is 14.5 Å². The van der Waals surface area contributed by atoms with E-state index in [0.29, 0.717) is 22.3 Å². The average molecular weight is 408 g/mol. The number of fused-ring (bicyclic) bond motifs is 1. The van der Waals surface area contributed by atoms with Gasteiger partial charge >= 0.3 is 5.97 Å². The first-order valence-corrected chi connectivity index (χ1v) is 7.87. The molecule has 0 aliphatic carbocycles. The summed E-state index contributed by atoms with van der Waals surface area (Å²) in [5, 5.41) is 10.3. The van der Waals surface area contributed by atoms with E-state index in [1.165, 1.54) is 12.1 Å². The van der Waals surface area contributed by atoms with Crippen molar-refractivity contribution in [2.45, 2.75) is 6.92 Å². The van der Waals surface area contributed by atoms with E-state index < -0.39 is 5.97 Å². The number of rotatable bonds is 3. The molecule has 0 aliphatic rings. The van der Waals surface area contributed by atoms with Gasteiger partial charge in [-0.25, -0.2) is 4.79 Å². The number of aromatic hydroxyl groups is 1. The normalized spacial score (nSPS) is 10.8. The van der Waals surface area contributed by atoms with Crippen LogP contribution in [0.2, 0.25) is 0 Å². The Bertz CT molecular complexity index is 851. The number of phenolic OH excluding ortho intramolecular Hbond substituents is 1. The molecule has 4 nitrogen and oxygen atoms in total. The molecule has 1 heterocycles. The molecule has 22 heavy (non-hydrogen) atoms. The van der Waals surface area contributed by atoms with Crippen molar-refractivity contribution in [3.63, 3.8) is 0 Å². The third-order valence-corrected chi connectivity index (χ3v) is 4.21. The Kier molecular flexibility index (Phi) is 4.06. The van der Waals surface area contributed by atoms with E-state index in [9.17, 15) is 9.90 Å². The zero-order valence-corrected chi connectivity index (χ0v) is 14.0. The van der Waals surface area contributed by atoms with Crippen LogP contribution >= 0.6 is 22.6 Å². The SMILES string of the molecule is CCOC(=O)c1c(-c2ccccc2I)oc2ccc(O)cc12. The van der Waals surface area contributed by atoms with Crippen LogP contribution in [0.3, 0.4) is 0 Å². The molecule has 0 spiro atoms. The van der Waals surface area contributed by atoms with Crippen LogP contribution in [0.15, 0.2) is 46.9 Å². The number of hydrogen-bond donors (Lipinski definition) is 1. The molecule has 0 aliphatic heterocycles. The van der Waals surface area contributed by atoms with Gasteiger partial charge in [-0.05, 0) is 53.8 Å². The number of esters is 1.